The van der Waals surface area contributed by atoms with Gasteiger partial charge in [-0.2, -0.15) is 0 Å². The molecule has 0 heteroatoms. The molecule has 0 radical (unpaired) electrons. The Hall–Kier alpha value is 0. The molecule has 1 saturated carbocycles. The third-order valence-electron chi connectivity index (χ3n) is 5.58. The van der Waals surface area contributed by atoms with Crippen molar-refractivity contribution in [3.63, 3.8) is 0 Å². The maximum absolute atomic E-state index is 2.51. The summed E-state index contributed by atoms with van der Waals surface area (Å²) in [7, 11) is 0. The van der Waals surface area contributed by atoms with E-state index in [1.807, 2.05) is 0 Å². The lowest BCUT2D eigenvalue weighted by atomic mass is 9.76. The van der Waals surface area contributed by atoms with E-state index < -0.39 is 0 Å². The third-order valence-corrected chi connectivity index (χ3v) is 5.58. The van der Waals surface area contributed by atoms with Gasteiger partial charge in [0.2, 0.25) is 0 Å². The number of hydrogen-bond donors (Lipinski definition) is 0. The van der Waals surface area contributed by atoms with Crippen molar-refractivity contribution in [2.24, 2.45) is 28.6 Å². The first-order valence-electron chi connectivity index (χ1n) is 7.77. The average Bonchev–Trinajstić information content (AvgIpc) is 2.98. The number of hydrogen-bond acceptors (Lipinski definition) is 0. The minimum absolute atomic E-state index is 0.516. The molecule has 0 bridgehead atoms. The fourth-order valence-corrected chi connectivity index (χ4v) is 3.63. The highest BCUT2D eigenvalue weighted by Crippen LogP contribution is 2.64. The van der Waals surface area contributed by atoms with Gasteiger partial charge in [0, 0.05) is 0 Å². The standard InChI is InChI=1S/C17H34/c1-8-13(3)14(4)17(9-2)12-15(17)10-11-16(5,6)7/h13-15H,8-12H2,1-7H3. The van der Waals surface area contributed by atoms with Crippen LogP contribution in [0.2, 0.25) is 0 Å². The molecule has 0 aliphatic heterocycles. The molecule has 0 aromatic carbocycles. The van der Waals surface area contributed by atoms with Gasteiger partial charge < -0.3 is 0 Å². The van der Waals surface area contributed by atoms with Gasteiger partial charge in [-0.25, -0.2) is 0 Å². The van der Waals surface area contributed by atoms with Crippen LogP contribution in [-0.2, 0) is 0 Å². The Kier molecular flexibility index (Phi) is 4.72. The molecule has 4 atom stereocenters. The van der Waals surface area contributed by atoms with E-state index in [-0.39, 0.29) is 0 Å². The van der Waals surface area contributed by atoms with Gasteiger partial charge >= 0.3 is 0 Å². The highest BCUT2D eigenvalue weighted by molar-refractivity contribution is 5.05. The van der Waals surface area contributed by atoms with Gasteiger partial charge in [0.1, 0.15) is 0 Å². The highest BCUT2D eigenvalue weighted by Gasteiger charge is 2.55. The summed E-state index contributed by atoms with van der Waals surface area (Å²) in [6.07, 6.45) is 7.10. The molecule has 0 spiro atoms. The molecule has 1 rings (SSSR count). The maximum atomic E-state index is 2.51. The van der Waals surface area contributed by atoms with Crippen molar-refractivity contribution in [1.29, 1.82) is 0 Å². The van der Waals surface area contributed by atoms with Crippen LogP contribution in [0.5, 0.6) is 0 Å². The first-order chi connectivity index (χ1) is 7.77. The van der Waals surface area contributed by atoms with Gasteiger partial charge in [0.05, 0.1) is 0 Å². The van der Waals surface area contributed by atoms with Crippen molar-refractivity contribution in [3.05, 3.63) is 0 Å². The van der Waals surface area contributed by atoms with Crippen molar-refractivity contribution in [2.45, 2.75) is 80.6 Å². The van der Waals surface area contributed by atoms with Crippen LogP contribution in [0.15, 0.2) is 0 Å². The smallest absolute Gasteiger partial charge is 0.0241 e. The van der Waals surface area contributed by atoms with Crippen LogP contribution in [0.3, 0.4) is 0 Å². The first kappa shape index (κ1) is 15.1. The van der Waals surface area contributed by atoms with E-state index >= 15 is 0 Å². The molecule has 0 aromatic heterocycles. The molecule has 0 N–H and O–H groups in total. The lowest BCUT2D eigenvalue weighted by molar-refractivity contribution is 0.198. The van der Waals surface area contributed by atoms with Crippen LogP contribution in [0.4, 0.5) is 0 Å². The van der Waals surface area contributed by atoms with E-state index in [1.54, 1.807) is 0 Å². The average molecular weight is 238 g/mol. The number of rotatable bonds is 6. The van der Waals surface area contributed by atoms with E-state index in [9.17, 15) is 0 Å². The summed E-state index contributed by atoms with van der Waals surface area (Å²) in [4.78, 5) is 0. The molecule has 0 amide bonds. The molecule has 102 valence electrons. The van der Waals surface area contributed by atoms with E-state index in [2.05, 4.69) is 48.5 Å². The first-order valence-corrected chi connectivity index (χ1v) is 7.77. The normalized spacial score (nSPS) is 32.3. The lowest BCUT2D eigenvalue weighted by Crippen LogP contribution is -2.21. The largest absolute Gasteiger partial charge is 0.0651 e. The van der Waals surface area contributed by atoms with Crippen LogP contribution in [0.1, 0.15) is 80.6 Å². The summed E-state index contributed by atoms with van der Waals surface area (Å²) >= 11 is 0. The van der Waals surface area contributed by atoms with E-state index in [4.69, 9.17) is 0 Å². The van der Waals surface area contributed by atoms with E-state index in [0.29, 0.717) is 10.8 Å². The Bertz CT molecular complexity index is 235. The molecule has 17 heavy (non-hydrogen) atoms. The minimum atomic E-state index is 0.516. The fourth-order valence-electron chi connectivity index (χ4n) is 3.63. The molecular formula is C17H34. The zero-order chi connectivity index (χ0) is 13.3. The van der Waals surface area contributed by atoms with Crippen LogP contribution in [0.25, 0.3) is 0 Å². The highest BCUT2D eigenvalue weighted by atomic mass is 14.6. The molecular weight excluding hydrogens is 204 g/mol. The van der Waals surface area contributed by atoms with Gasteiger partial charge in [-0.05, 0) is 54.3 Å². The van der Waals surface area contributed by atoms with Crippen molar-refractivity contribution in [3.8, 4) is 0 Å². The molecule has 1 aliphatic carbocycles. The second-order valence-electron chi connectivity index (χ2n) is 7.76. The molecule has 1 aliphatic rings. The Morgan fingerprint density at radius 1 is 1.18 bits per heavy atom. The second kappa shape index (κ2) is 5.33. The molecule has 0 heterocycles. The van der Waals surface area contributed by atoms with Crippen LogP contribution >= 0.6 is 0 Å². The SMILES string of the molecule is CCC(C)C(C)C1(CC)CC1CCC(C)(C)C. The van der Waals surface area contributed by atoms with Gasteiger partial charge in [0.25, 0.3) is 0 Å². The third kappa shape index (κ3) is 3.48. The fraction of sp³-hybridized carbons (Fsp3) is 1.00. The van der Waals surface area contributed by atoms with Crippen molar-refractivity contribution < 1.29 is 0 Å². The summed E-state index contributed by atoms with van der Waals surface area (Å²) < 4.78 is 0. The summed E-state index contributed by atoms with van der Waals surface area (Å²) in [6.45, 7) is 16.8. The Morgan fingerprint density at radius 2 is 1.76 bits per heavy atom. The molecule has 0 aromatic rings. The zero-order valence-electron chi connectivity index (χ0n) is 13.3. The Labute approximate surface area is 110 Å². The van der Waals surface area contributed by atoms with Crippen molar-refractivity contribution >= 4 is 0 Å². The maximum Gasteiger partial charge on any atom is -0.0241 e. The minimum Gasteiger partial charge on any atom is -0.0651 e. The van der Waals surface area contributed by atoms with Gasteiger partial charge in [-0.15, -0.1) is 0 Å². The van der Waals surface area contributed by atoms with E-state index in [1.165, 1.54) is 32.1 Å². The van der Waals surface area contributed by atoms with Crippen molar-refractivity contribution in [1.82, 2.24) is 0 Å². The van der Waals surface area contributed by atoms with E-state index in [0.717, 1.165) is 17.8 Å². The topological polar surface area (TPSA) is 0 Å². The Balaban J connectivity index is 2.52. The lowest BCUT2D eigenvalue weighted by Gasteiger charge is -2.29. The van der Waals surface area contributed by atoms with Gasteiger partial charge in [0.15, 0.2) is 0 Å². The summed E-state index contributed by atoms with van der Waals surface area (Å²) in [6, 6.07) is 0. The summed E-state index contributed by atoms with van der Waals surface area (Å²) in [5, 5.41) is 0. The summed E-state index contributed by atoms with van der Waals surface area (Å²) in [5.74, 6) is 2.84. The quantitative estimate of drug-likeness (QED) is 0.539. The second-order valence-corrected chi connectivity index (χ2v) is 7.76. The molecule has 4 unspecified atom stereocenters. The molecule has 1 fully saturated rings. The van der Waals surface area contributed by atoms with Crippen LogP contribution < -0.4 is 0 Å². The van der Waals surface area contributed by atoms with Crippen LogP contribution in [-0.4, -0.2) is 0 Å². The predicted molar refractivity (Wildman–Crippen MR) is 78.1 cm³/mol. The predicted octanol–water partition coefficient (Wildman–Crippen LogP) is 5.91. The van der Waals surface area contributed by atoms with Crippen LogP contribution in [0, 0.1) is 28.6 Å². The monoisotopic (exact) mass is 238 g/mol. The molecule has 0 saturated heterocycles. The molecule has 0 nitrogen and oxygen atoms in total. The Morgan fingerprint density at radius 3 is 2.18 bits per heavy atom. The van der Waals surface area contributed by atoms with Crippen molar-refractivity contribution in [2.75, 3.05) is 0 Å². The summed E-state index contributed by atoms with van der Waals surface area (Å²) in [5.41, 5.74) is 1.22. The van der Waals surface area contributed by atoms with Gasteiger partial charge in [-0.1, -0.05) is 54.9 Å². The zero-order valence-corrected chi connectivity index (χ0v) is 13.3. The van der Waals surface area contributed by atoms with Gasteiger partial charge in [-0.3, -0.25) is 0 Å².